The Morgan fingerprint density at radius 2 is 2.04 bits per heavy atom. The molecule has 0 spiro atoms. The molecule has 1 aromatic heterocycles. The molecule has 1 amide bonds. The molecule has 0 bridgehead atoms. The van der Waals surface area contributed by atoms with Gasteiger partial charge in [-0.1, -0.05) is 11.6 Å². The summed E-state index contributed by atoms with van der Waals surface area (Å²) in [6.45, 7) is 5.11. The summed E-state index contributed by atoms with van der Waals surface area (Å²) in [5.74, 6) is -1.14. The molecule has 2 aromatic rings. The predicted octanol–water partition coefficient (Wildman–Crippen LogP) is 2.46. The summed E-state index contributed by atoms with van der Waals surface area (Å²) in [6.07, 6.45) is -0.994. The standard InChI is InChI=1S/C16H19ClN4O3/c1-8-14(9(2)21(4)20-8)19-15(22)10(3)24-16(23)12-6-5-11(17)7-13(12)18/h5-7,10H,18H2,1-4H3,(H,19,22). The molecule has 1 unspecified atom stereocenters. The Hall–Kier alpha value is -2.54. The van der Waals surface area contributed by atoms with Crippen molar-refractivity contribution in [2.45, 2.75) is 26.9 Å². The number of amides is 1. The minimum atomic E-state index is -0.994. The molecular formula is C16H19ClN4O3. The Balaban J connectivity index is 2.07. The number of nitrogen functional groups attached to an aromatic ring is 1. The van der Waals surface area contributed by atoms with Gasteiger partial charge < -0.3 is 15.8 Å². The first-order chi connectivity index (χ1) is 11.2. The molecule has 8 heteroatoms. The van der Waals surface area contributed by atoms with Crippen LogP contribution >= 0.6 is 11.6 Å². The van der Waals surface area contributed by atoms with Crippen LogP contribution in [0, 0.1) is 13.8 Å². The monoisotopic (exact) mass is 350 g/mol. The number of nitrogens with one attached hydrogen (secondary N) is 1. The highest BCUT2D eigenvalue weighted by molar-refractivity contribution is 6.31. The summed E-state index contributed by atoms with van der Waals surface area (Å²) in [7, 11) is 1.78. The van der Waals surface area contributed by atoms with Crippen molar-refractivity contribution in [2.75, 3.05) is 11.1 Å². The number of halogens is 1. The number of benzene rings is 1. The third-order valence-corrected chi connectivity index (χ3v) is 3.88. The summed E-state index contributed by atoms with van der Waals surface area (Å²) in [5, 5.41) is 7.36. The van der Waals surface area contributed by atoms with E-state index in [0.29, 0.717) is 16.4 Å². The Labute approximate surface area is 144 Å². The average Bonchev–Trinajstić information content (AvgIpc) is 2.73. The first kappa shape index (κ1) is 17.8. The fourth-order valence-corrected chi connectivity index (χ4v) is 2.36. The number of hydrogen-bond acceptors (Lipinski definition) is 5. The van der Waals surface area contributed by atoms with Crippen molar-refractivity contribution >= 4 is 34.9 Å². The third-order valence-electron chi connectivity index (χ3n) is 3.64. The van der Waals surface area contributed by atoms with E-state index < -0.39 is 18.0 Å². The maximum atomic E-state index is 12.3. The highest BCUT2D eigenvalue weighted by Gasteiger charge is 2.22. The quantitative estimate of drug-likeness (QED) is 0.651. The van der Waals surface area contributed by atoms with Crippen molar-refractivity contribution in [2.24, 2.45) is 7.05 Å². The Morgan fingerprint density at radius 1 is 1.38 bits per heavy atom. The van der Waals surface area contributed by atoms with Crippen LogP contribution in [0.1, 0.15) is 28.7 Å². The zero-order chi connectivity index (χ0) is 18.0. The number of aryl methyl sites for hydroxylation is 2. The molecule has 0 aliphatic rings. The first-order valence-corrected chi connectivity index (χ1v) is 7.65. The SMILES string of the molecule is Cc1nn(C)c(C)c1NC(=O)C(C)OC(=O)c1ccc(Cl)cc1N. The molecule has 0 saturated heterocycles. The number of ether oxygens (including phenoxy) is 1. The van der Waals surface area contributed by atoms with Gasteiger partial charge in [0.05, 0.1) is 22.6 Å². The summed E-state index contributed by atoms with van der Waals surface area (Å²) in [5.41, 5.74) is 8.20. The van der Waals surface area contributed by atoms with Crippen LogP contribution in [-0.4, -0.2) is 27.8 Å². The number of nitrogens with two attached hydrogens (primary N) is 1. The average molecular weight is 351 g/mol. The van der Waals surface area contributed by atoms with E-state index in [1.807, 2.05) is 6.92 Å². The van der Waals surface area contributed by atoms with Crippen LogP contribution in [0.5, 0.6) is 0 Å². The molecule has 128 valence electrons. The van der Waals surface area contributed by atoms with Crippen molar-refractivity contribution in [3.05, 3.63) is 40.2 Å². The lowest BCUT2D eigenvalue weighted by atomic mass is 10.2. The largest absolute Gasteiger partial charge is 0.449 e. The second kappa shape index (κ2) is 6.92. The maximum absolute atomic E-state index is 12.3. The van der Waals surface area contributed by atoms with E-state index >= 15 is 0 Å². The van der Waals surface area contributed by atoms with Crippen molar-refractivity contribution in [3.63, 3.8) is 0 Å². The molecule has 24 heavy (non-hydrogen) atoms. The van der Waals surface area contributed by atoms with E-state index in [0.717, 1.165) is 5.69 Å². The molecule has 3 N–H and O–H groups in total. The van der Waals surface area contributed by atoms with Gasteiger partial charge in [0.25, 0.3) is 5.91 Å². The van der Waals surface area contributed by atoms with Gasteiger partial charge in [0.2, 0.25) is 0 Å². The smallest absolute Gasteiger partial charge is 0.341 e. The maximum Gasteiger partial charge on any atom is 0.341 e. The van der Waals surface area contributed by atoms with Gasteiger partial charge in [-0.25, -0.2) is 4.79 Å². The molecule has 2 rings (SSSR count). The summed E-state index contributed by atoms with van der Waals surface area (Å²) >= 11 is 5.80. The van der Waals surface area contributed by atoms with E-state index in [1.54, 1.807) is 18.7 Å². The van der Waals surface area contributed by atoms with Crippen LogP contribution in [0.3, 0.4) is 0 Å². The molecule has 1 atom stereocenters. The molecule has 1 aromatic carbocycles. The van der Waals surface area contributed by atoms with Crippen LogP contribution in [0.2, 0.25) is 5.02 Å². The number of anilines is 2. The normalized spacial score (nSPS) is 11.9. The lowest BCUT2D eigenvalue weighted by molar-refractivity contribution is -0.123. The topological polar surface area (TPSA) is 99.2 Å². The summed E-state index contributed by atoms with van der Waals surface area (Å²) < 4.78 is 6.84. The van der Waals surface area contributed by atoms with Crippen molar-refractivity contribution in [1.29, 1.82) is 0 Å². The number of hydrogen-bond donors (Lipinski definition) is 2. The van der Waals surface area contributed by atoms with E-state index in [1.165, 1.54) is 25.1 Å². The molecule has 1 heterocycles. The molecule has 0 radical (unpaired) electrons. The molecule has 7 nitrogen and oxygen atoms in total. The van der Waals surface area contributed by atoms with Crippen LogP contribution in [0.15, 0.2) is 18.2 Å². The second-order valence-electron chi connectivity index (χ2n) is 5.44. The van der Waals surface area contributed by atoms with Gasteiger partial charge in [0.1, 0.15) is 0 Å². The van der Waals surface area contributed by atoms with Crippen LogP contribution < -0.4 is 11.1 Å². The van der Waals surface area contributed by atoms with Gasteiger partial charge in [-0.15, -0.1) is 0 Å². The number of rotatable bonds is 4. The molecular weight excluding hydrogens is 332 g/mol. The van der Waals surface area contributed by atoms with Crippen LogP contribution in [0.25, 0.3) is 0 Å². The fourth-order valence-electron chi connectivity index (χ4n) is 2.18. The first-order valence-electron chi connectivity index (χ1n) is 7.27. The minimum Gasteiger partial charge on any atom is -0.449 e. The minimum absolute atomic E-state index is 0.160. The second-order valence-corrected chi connectivity index (χ2v) is 5.87. The van der Waals surface area contributed by atoms with Gasteiger partial charge in [-0.3, -0.25) is 9.48 Å². The Bertz CT molecular complexity index is 801. The van der Waals surface area contributed by atoms with Crippen molar-refractivity contribution in [1.82, 2.24) is 9.78 Å². The van der Waals surface area contributed by atoms with Gasteiger partial charge >= 0.3 is 5.97 Å². The van der Waals surface area contributed by atoms with Crippen LogP contribution in [0.4, 0.5) is 11.4 Å². The third kappa shape index (κ3) is 3.68. The molecule has 0 saturated carbocycles. The number of carbonyl (C=O) groups is 2. The van der Waals surface area contributed by atoms with E-state index in [2.05, 4.69) is 10.4 Å². The van der Waals surface area contributed by atoms with Gasteiger partial charge in [0.15, 0.2) is 6.10 Å². The van der Waals surface area contributed by atoms with E-state index in [4.69, 9.17) is 22.1 Å². The number of carbonyl (C=O) groups excluding carboxylic acids is 2. The van der Waals surface area contributed by atoms with Gasteiger partial charge in [-0.05, 0) is 39.0 Å². The summed E-state index contributed by atoms with van der Waals surface area (Å²) in [4.78, 5) is 24.4. The zero-order valence-electron chi connectivity index (χ0n) is 13.9. The Kier molecular flexibility index (Phi) is 5.14. The number of nitrogens with zero attached hydrogens (tertiary/aromatic N) is 2. The van der Waals surface area contributed by atoms with Crippen molar-refractivity contribution in [3.8, 4) is 0 Å². The predicted molar refractivity (Wildman–Crippen MR) is 92.1 cm³/mol. The number of esters is 1. The Morgan fingerprint density at radius 3 is 2.58 bits per heavy atom. The van der Waals surface area contributed by atoms with E-state index in [9.17, 15) is 9.59 Å². The fraction of sp³-hybridized carbons (Fsp3) is 0.312. The zero-order valence-corrected chi connectivity index (χ0v) is 14.6. The summed E-state index contributed by atoms with van der Waals surface area (Å²) in [6, 6.07) is 4.44. The highest BCUT2D eigenvalue weighted by Crippen LogP contribution is 2.21. The van der Waals surface area contributed by atoms with Gasteiger partial charge in [0, 0.05) is 17.8 Å². The molecule has 0 aliphatic heterocycles. The molecule has 0 fully saturated rings. The lowest BCUT2D eigenvalue weighted by Crippen LogP contribution is -2.30. The number of aromatic nitrogens is 2. The van der Waals surface area contributed by atoms with Crippen molar-refractivity contribution < 1.29 is 14.3 Å². The van der Waals surface area contributed by atoms with Gasteiger partial charge in [-0.2, -0.15) is 5.10 Å². The molecule has 0 aliphatic carbocycles. The highest BCUT2D eigenvalue weighted by atomic mass is 35.5. The van der Waals surface area contributed by atoms with E-state index in [-0.39, 0.29) is 11.3 Å². The lowest BCUT2D eigenvalue weighted by Gasteiger charge is -2.14. The van der Waals surface area contributed by atoms with Crippen LogP contribution in [-0.2, 0) is 16.6 Å².